The van der Waals surface area contributed by atoms with Gasteiger partial charge in [-0.25, -0.2) is 0 Å². The predicted octanol–water partition coefficient (Wildman–Crippen LogP) is 4.31. The first-order chi connectivity index (χ1) is 12.7. The average molecular weight is 374 g/mol. The Balaban J connectivity index is 1.52. The van der Waals surface area contributed by atoms with Crippen molar-refractivity contribution in [2.24, 2.45) is 0 Å². The topological polar surface area (TPSA) is 47.6 Å². The summed E-state index contributed by atoms with van der Waals surface area (Å²) in [6.45, 7) is 3.76. The first kappa shape index (κ1) is 18.6. The smallest absolute Gasteiger partial charge is 0.220 e. The third-order valence-corrected chi connectivity index (χ3v) is 4.70. The van der Waals surface area contributed by atoms with Gasteiger partial charge in [0.1, 0.15) is 0 Å². The molecule has 26 heavy (non-hydrogen) atoms. The monoisotopic (exact) mass is 373 g/mol. The van der Waals surface area contributed by atoms with Crippen LogP contribution in [0.1, 0.15) is 36.5 Å². The Morgan fingerprint density at radius 1 is 1.08 bits per heavy atom. The van der Waals surface area contributed by atoms with Gasteiger partial charge in [-0.2, -0.15) is 0 Å². The van der Waals surface area contributed by atoms with E-state index in [9.17, 15) is 4.79 Å². The van der Waals surface area contributed by atoms with Gasteiger partial charge in [-0.1, -0.05) is 42.8 Å². The Morgan fingerprint density at radius 3 is 2.58 bits per heavy atom. The minimum atomic E-state index is 0.0211. The van der Waals surface area contributed by atoms with Crippen LogP contribution >= 0.6 is 11.6 Å². The van der Waals surface area contributed by atoms with Crippen molar-refractivity contribution in [2.75, 3.05) is 13.2 Å². The molecule has 3 rings (SSSR count). The van der Waals surface area contributed by atoms with Gasteiger partial charge >= 0.3 is 0 Å². The van der Waals surface area contributed by atoms with Gasteiger partial charge in [0.25, 0.3) is 0 Å². The number of fused-ring (bicyclic) bond motifs is 1. The number of carbonyl (C=O) groups excluding carboxylic acids is 1. The summed E-state index contributed by atoms with van der Waals surface area (Å²) in [4.78, 5) is 12.1. The van der Waals surface area contributed by atoms with Crippen molar-refractivity contribution in [3.8, 4) is 11.5 Å². The van der Waals surface area contributed by atoms with Crippen LogP contribution < -0.4 is 14.8 Å². The summed E-state index contributed by atoms with van der Waals surface area (Å²) in [6.07, 6.45) is 3.05. The molecule has 0 saturated carbocycles. The lowest BCUT2D eigenvalue weighted by atomic mass is 10.1. The van der Waals surface area contributed by atoms with Crippen LogP contribution in [0.4, 0.5) is 0 Å². The van der Waals surface area contributed by atoms with Gasteiger partial charge in [0, 0.05) is 19.4 Å². The lowest BCUT2D eigenvalue weighted by molar-refractivity contribution is -0.121. The van der Waals surface area contributed by atoms with Crippen molar-refractivity contribution in [3.63, 3.8) is 0 Å². The average Bonchev–Trinajstić information content (AvgIpc) is 2.91. The van der Waals surface area contributed by atoms with E-state index in [4.69, 9.17) is 21.1 Å². The van der Waals surface area contributed by atoms with Crippen LogP contribution in [0.15, 0.2) is 36.4 Å². The molecule has 1 aliphatic rings. The molecule has 138 valence electrons. The fourth-order valence-corrected chi connectivity index (χ4v) is 3.16. The quantitative estimate of drug-likeness (QED) is 0.820. The molecule has 2 aromatic rings. The first-order valence-electron chi connectivity index (χ1n) is 9.08. The van der Waals surface area contributed by atoms with E-state index in [0.29, 0.717) is 42.7 Å². The first-order valence-corrected chi connectivity index (χ1v) is 9.46. The lowest BCUT2D eigenvalue weighted by Gasteiger charge is -2.12. The van der Waals surface area contributed by atoms with Gasteiger partial charge in [0.15, 0.2) is 11.5 Å². The van der Waals surface area contributed by atoms with Gasteiger partial charge in [-0.3, -0.25) is 4.79 Å². The fraction of sp³-hybridized carbons (Fsp3) is 0.381. The zero-order chi connectivity index (χ0) is 18.4. The molecule has 0 spiro atoms. The molecule has 2 aromatic carbocycles. The van der Waals surface area contributed by atoms with Crippen molar-refractivity contribution in [3.05, 3.63) is 58.1 Å². The van der Waals surface area contributed by atoms with Crippen molar-refractivity contribution >= 4 is 17.5 Å². The van der Waals surface area contributed by atoms with Crippen LogP contribution in [0.2, 0.25) is 5.02 Å². The number of ether oxygens (including phenoxy) is 2. The number of rotatable bonds is 6. The van der Waals surface area contributed by atoms with Crippen molar-refractivity contribution < 1.29 is 14.3 Å². The largest absolute Gasteiger partial charge is 0.489 e. The summed E-state index contributed by atoms with van der Waals surface area (Å²) in [6, 6.07) is 12.1. The maximum atomic E-state index is 12.1. The van der Waals surface area contributed by atoms with E-state index in [1.807, 2.05) is 12.1 Å². The molecule has 0 atom stereocenters. The molecule has 0 aromatic heterocycles. The highest BCUT2D eigenvalue weighted by atomic mass is 35.5. The minimum absolute atomic E-state index is 0.0211. The molecule has 0 unspecified atom stereocenters. The van der Waals surface area contributed by atoms with Gasteiger partial charge in [0.2, 0.25) is 5.91 Å². The number of amides is 1. The highest BCUT2D eigenvalue weighted by molar-refractivity contribution is 6.32. The Morgan fingerprint density at radius 2 is 1.81 bits per heavy atom. The van der Waals surface area contributed by atoms with Crippen molar-refractivity contribution in [1.29, 1.82) is 0 Å². The van der Waals surface area contributed by atoms with Crippen LogP contribution in [0, 0.1) is 0 Å². The maximum absolute atomic E-state index is 12.1. The molecule has 1 N–H and O–H groups in total. The Labute approximate surface area is 159 Å². The van der Waals surface area contributed by atoms with Gasteiger partial charge in [-0.15, -0.1) is 0 Å². The number of aryl methyl sites for hydroxylation is 2. The molecule has 1 heterocycles. The molecule has 1 amide bonds. The number of nitrogens with one attached hydrogen (secondary N) is 1. The number of hydrogen-bond acceptors (Lipinski definition) is 3. The second-order valence-electron chi connectivity index (χ2n) is 6.40. The van der Waals surface area contributed by atoms with Crippen LogP contribution in [-0.4, -0.2) is 19.1 Å². The summed E-state index contributed by atoms with van der Waals surface area (Å²) in [7, 11) is 0. The summed E-state index contributed by atoms with van der Waals surface area (Å²) in [5.74, 6) is 1.26. The summed E-state index contributed by atoms with van der Waals surface area (Å²) in [5, 5.41) is 3.47. The minimum Gasteiger partial charge on any atom is -0.489 e. The fourth-order valence-electron chi connectivity index (χ4n) is 2.87. The van der Waals surface area contributed by atoms with E-state index in [-0.39, 0.29) is 5.91 Å². The highest BCUT2D eigenvalue weighted by Gasteiger charge is 2.15. The van der Waals surface area contributed by atoms with Crippen LogP contribution in [0.5, 0.6) is 11.5 Å². The zero-order valence-corrected chi connectivity index (χ0v) is 15.8. The number of hydrogen-bond donors (Lipinski definition) is 1. The third-order valence-electron chi connectivity index (χ3n) is 4.42. The number of halogens is 1. The van der Waals surface area contributed by atoms with Gasteiger partial charge < -0.3 is 14.8 Å². The van der Waals surface area contributed by atoms with E-state index < -0.39 is 0 Å². The number of carbonyl (C=O) groups is 1. The van der Waals surface area contributed by atoms with E-state index in [1.54, 1.807) is 0 Å². The van der Waals surface area contributed by atoms with Crippen LogP contribution in [-0.2, 0) is 24.2 Å². The molecule has 0 fully saturated rings. The molecule has 5 heteroatoms. The molecular weight excluding hydrogens is 350 g/mol. The standard InChI is InChI=1S/C21H24ClNO3/c1-2-15-4-6-16(7-5-15)8-9-20(24)23-14-17-12-18(22)21-19(13-17)25-10-3-11-26-21/h4-7,12-13H,2-3,8-11,14H2,1H3,(H,23,24). The van der Waals surface area contributed by atoms with E-state index >= 15 is 0 Å². The highest BCUT2D eigenvalue weighted by Crippen LogP contribution is 2.37. The van der Waals surface area contributed by atoms with Gasteiger partial charge in [-0.05, 0) is 41.7 Å². The summed E-state index contributed by atoms with van der Waals surface area (Å²) >= 11 is 6.28. The molecule has 0 bridgehead atoms. The Hall–Kier alpha value is -2.20. The molecule has 0 aliphatic carbocycles. The second kappa shape index (κ2) is 8.95. The zero-order valence-electron chi connectivity index (χ0n) is 15.0. The molecule has 0 saturated heterocycles. The van der Waals surface area contributed by atoms with Crippen molar-refractivity contribution in [1.82, 2.24) is 5.32 Å². The summed E-state index contributed by atoms with van der Waals surface area (Å²) in [5.41, 5.74) is 3.39. The Bertz CT molecular complexity index is 759. The predicted molar refractivity (Wildman–Crippen MR) is 103 cm³/mol. The molecule has 0 radical (unpaired) electrons. The van der Waals surface area contributed by atoms with E-state index in [2.05, 4.69) is 36.5 Å². The maximum Gasteiger partial charge on any atom is 0.220 e. The molecule has 4 nitrogen and oxygen atoms in total. The second-order valence-corrected chi connectivity index (χ2v) is 6.81. The number of benzene rings is 2. The molecular formula is C21H24ClNO3. The van der Waals surface area contributed by atoms with Crippen LogP contribution in [0.3, 0.4) is 0 Å². The Kier molecular flexibility index (Phi) is 6.40. The van der Waals surface area contributed by atoms with Gasteiger partial charge in [0.05, 0.1) is 18.2 Å². The molecule has 1 aliphatic heterocycles. The SMILES string of the molecule is CCc1ccc(CCC(=O)NCc2cc(Cl)c3c(c2)OCCCO3)cc1. The summed E-state index contributed by atoms with van der Waals surface area (Å²) < 4.78 is 11.3. The van der Waals surface area contributed by atoms with E-state index in [0.717, 1.165) is 24.8 Å². The van der Waals surface area contributed by atoms with Crippen LogP contribution in [0.25, 0.3) is 0 Å². The van der Waals surface area contributed by atoms with Crippen molar-refractivity contribution in [2.45, 2.75) is 39.2 Å². The lowest BCUT2D eigenvalue weighted by Crippen LogP contribution is -2.23. The van der Waals surface area contributed by atoms with E-state index in [1.165, 1.54) is 11.1 Å². The third kappa shape index (κ3) is 4.92. The normalized spacial score (nSPS) is 13.2.